The van der Waals surface area contributed by atoms with Gasteiger partial charge >= 0.3 is 0 Å². The molecular weight excluding hydrogens is 396 g/mol. The molecule has 0 spiro atoms. The van der Waals surface area contributed by atoms with Crippen molar-refractivity contribution in [1.29, 1.82) is 0 Å². The van der Waals surface area contributed by atoms with Gasteiger partial charge in [-0.2, -0.15) is 0 Å². The number of aromatic nitrogens is 2. The number of thiophene rings is 1. The van der Waals surface area contributed by atoms with Crippen molar-refractivity contribution in [2.24, 2.45) is 5.92 Å². The number of piperidine rings is 1. The van der Waals surface area contributed by atoms with E-state index in [1.807, 2.05) is 31.2 Å². The number of rotatable bonds is 6. The smallest absolute Gasteiger partial charge is 0.226 e. The molecule has 0 aliphatic carbocycles. The molecule has 0 unspecified atom stereocenters. The van der Waals surface area contributed by atoms with Crippen LogP contribution >= 0.6 is 11.3 Å². The number of benzene rings is 1. The molecule has 1 aliphatic heterocycles. The van der Waals surface area contributed by atoms with Gasteiger partial charge in [-0.3, -0.25) is 4.79 Å². The molecule has 0 saturated carbocycles. The minimum absolute atomic E-state index is 0.0577. The maximum atomic E-state index is 13.0. The number of carbonyl (C=O) groups excluding carboxylic acids is 1. The first kappa shape index (κ1) is 20.6. The number of fused-ring (bicyclic) bond motifs is 1. The van der Waals surface area contributed by atoms with Crippen LogP contribution in [0.5, 0.6) is 5.75 Å². The van der Waals surface area contributed by atoms with Gasteiger partial charge in [-0.05, 0) is 49.8 Å². The third-order valence-electron chi connectivity index (χ3n) is 5.77. The summed E-state index contributed by atoms with van der Waals surface area (Å²) in [4.78, 5) is 25.9. The summed E-state index contributed by atoms with van der Waals surface area (Å²) in [6.45, 7) is 5.61. The summed E-state index contributed by atoms with van der Waals surface area (Å²) >= 11 is 1.69. The van der Waals surface area contributed by atoms with Crippen molar-refractivity contribution < 1.29 is 9.53 Å². The van der Waals surface area contributed by atoms with Crippen molar-refractivity contribution in [3.63, 3.8) is 0 Å². The van der Waals surface area contributed by atoms with Crippen LogP contribution in [-0.4, -0.2) is 36.1 Å². The highest BCUT2D eigenvalue weighted by atomic mass is 32.1. The first-order valence-corrected chi connectivity index (χ1v) is 11.4. The van der Waals surface area contributed by atoms with Gasteiger partial charge in [0.2, 0.25) is 11.9 Å². The highest BCUT2D eigenvalue weighted by molar-refractivity contribution is 7.10. The number of hydrogen-bond donors (Lipinski definition) is 1. The van der Waals surface area contributed by atoms with Crippen LogP contribution in [-0.2, 0) is 4.79 Å². The van der Waals surface area contributed by atoms with Crippen molar-refractivity contribution in [3.05, 3.63) is 46.3 Å². The number of anilines is 1. The zero-order valence-electron chi connectivity index (χ0n) is 17.7. The largest absolute Gasteiger partial charge is 0.497 e. The van der Waals surface area contributed by atoms with Crippen LogP contribution in [0.4, 0.5) is 5.95 Å². The molecule has 3 aromatic rings. The molecule has 1 aliphatic rings. The summed E-state index contributed by atoms with van der Waals surface area (Å²) in [5, 5.41) is 6.33. The molecule has 158 valence electrons. The fraction of sp³-hybridized carbons (Fsp3) is 0.435. The van der Waals surface area contributed by atoms with Crippen LogP contribution in [0, 0.1) is 12.8 Å². The van der Waals surface area contributed by atoms with E-state index in [1.165, 1.54) is 4.88 Å². The standard InChI is InChI=1S/C23H28N4O2S/c1-4-19(21-8-6-12-30-21)25-22(28)16-7-5-11-27(14-16)23-24-15(2)18-10-9-17(29-3)13-20(18)26-23/h6,8-10,12-13,16,19H,4-5,7,11,14H2,1-3H3,(H,25,28)/t16-,19-/m0/s1. The van der Waals surface area contributed by atoms with E-state index in [0.717, 1.165) is 48.2 Å². The van der Waals surface area contributed by atoms with Crippen molar-refractivity contribution in [3.8, 4) is 5.75 Å². The lowest BCUT2D eigenvalue weighted by molar-refractivity contribution is -0.126. The maximum absolute atomic E-state index is 13.0. The van der Waals surface area contributed by atoms with E-state index in [4.69, 9.17) is 14.7 Å². The van der Waals surface area contributed by atoms with E-state index in [-0.39, 0.29) is 17.9 Å². The molecule has 0 radical (unpaired) electrons. The summed E-state index contributed by atoms with van der Waals surface area (Å²) in [5.41, 5.74) is 1.81. The summed E-state index contributed by atoms with van der Waals surface area (Å²) < 4.78 is 5.35. The van der Waals surface area contributed by atoms with Gasteiger partial charge in [0.15, 0.2) is 0 Å². The van der Waals surface area contributed by atoms with Crippen LogP contribution < -0.4 is 15.0 Å². The van der Waals surface area contributed by atoms with Gasteiger partial charge in [0.25, 0.3) is 0 Å². The third-order valence-corrected chi connectivity index (χ3v) is 6.76. The number of nitrogens with zero attached hydrogens (tertiary/aromatic N) is 3. The molecule has 7 heteroatoms. The minimum Gasteiger partial charge on any atom is -0.497 e. The summed E-state index contributed by atoms with van der Waals surface area (Å²) in [7, 11) is 1.66. The highest BCUT2D eigenvalue weighted by Crippen LogP contribution is 2.27. The van der Waals surface area contributed by atoms with Crippen molar-refractivity contribution in [2.45, 2.75) is 39.2 Å². The van der Waals surface area contributed by atoms with Crippen molar-refractivity contribution in [2.75, 3.05) is 25.1 Å². The number of amides is 1. The minimum atomic E-state index is -0.0577. The molecule has 1 amide bonds. The molecule has 2 atom stereocenters. The summed E-state index contributed by atoms with van der Waals surface area (Å²) in [5.74, 6) is 1.54. The van der Waals surface area contributed by atoms with Crippen LogP contribution in [0.2, 0.25) is 0 Å². The van der Waals surface area contributed by atoms with Crippen LogP contribution in [0.3, 0.4) is 0 Å². The number of nitrogens with one attached hydrogen (secondary N) is 1. The molecule has 2 aromatic heterocycles. The Hall–Kier alpha value is -2.67. The summed E-state index contributed by atoms with van der Waals surface area (Å²) in [6.07, 6.45) is 2.73. The molecule has 1 aromatic carbocycles. The quantitative estimate of drug-likeness (QED) is 0.631. The lowest BCUT2D eigenvalue weighted by atomic mass is 9.96. The second-order valence-corrected chi connectivity index (χ2v) is 8.74. The number of methoxy groups -OCH3 is 1. The van der Waals surface area contributed by atoms with E-state index in [1.54, 1.807) is 18.4 Å². The Kier molecular flexibility index (Phi) is 6.18. The Labute approximate surface area is 181 Å². The molecule has 3 heterocycles. The summed E-state index contributed by atoms with van der Waals surface area (Å²) in [6, 6.07) is 10.1. The van der Waals surface area contributed by atoms with Gasteiger partial charge in [-0.25, -0.2) is 9.97 Å². The predicted octanol–water partition coefficient (Wildman–Crippen LogP) is 4.49. The van der Waals surface area contributed by atoms with E-state index in [9.17, 15) is 4.79 Å². The SMILES string of the molecule is CC[C@H](NC(=O)[C@H]1CCCN(c2nc(C)c3ccc(OC)cc3n2)C1)c1cccs1. The van der Waals surface area contributed by atoms with Gasteiger partial charge in [0, 0.05) is 29.4 Å². The molecule has 4 rings (SSSR count). The Morgan fingerprint density at radius 1 is 1.37 bits per heavy atom. The molecule has 0 bridgehead atoms. The normalized spacial score (nSPS) is 17.7. The van der Waals surface area contributed by atoms with Gasteiger partial charge in [-0.15, -0.1) is 11.3 Å². The Morgan fingerprint density at radius 3 is 2.97 bits per heavy atom. The maximum Gasteiger partial charge on any atom is 0.226 e. The van der Waals surface area contributed by atoms with E-state index >= 15 is 0 Å². The molecule has 1 fully saturated rings. The lowest BCUT2D eigenvalue weighted by Crippen LogP contribution is -2.44. The highest BCUT2D eigenvalue weighted by Gasteiger charge is 2.29. The fourth-order valence-corrected chi connectivity index (χ4v) is 4.91. The zero-order chi connectivity index (χ0) is 21.1. The van der Waals surface area contributed by atoms with E-state index in [0.29, 0.717) is 12.5 Å². The molecular formula is C23H28N4O2S. The monoisotopic (exact) mass is 424 g/mol. The van der Waals surface area contributed by atoms with Gasteiger partial charge in [0.05, 0.1) is 30.3 Å². The van der Waals surface area contributed by atoms with Crippen LogP contribution in [0.1, 0.15) is 42.8 Å². The van der Waals surface area contributed by atoms with E-state index in [2.05, 4.69) is 28.6 Å². The van der Waals surface area contributed by atoms with Crippen LogP contribution in [0.25, 0.3) is 10.9 Å². The lowest BCUT2D eigenvalue weighted by Gasteiger charge is -2.33. The Morgan fingerprint density at radius 2 is 2.23 bits per heavy atom. The first-order chi connectivity index (χ1) is 14.6. The van der Waals surface area contributed by atoms with Crippen LogP contribution in [0.15, 0.2) is 35.7 Å². The average molecular weight is 425 g/mol. The molecule has 1 saturated heterocycles. The Bertz CT molecular complexity index is 1020. The average Bonchev–Trinajstić information content (AvgIpc) is 3.31. The van der Waals surface area contributed by atoms with Gasteiger partial charge < -0.3 is 15.0 Å². The molecule has 6 nitrogen and oxygen atoms in total. The van der Waals surface area contributed by atoms with E-state index < -0.39 is 0 Å². The Balaban J connectivity index is 1.51. The predicted molar refractivity (Wildman–Crippen MR) is 121 cm³/mol. The van der Waals surface area contributed by atoms with Gasteiger partial charge in [-0.1, -0.05) is 13.0 Å². The number of hydrogen-bond acceptors (Lipinski definition) is 6. The number of ether oxygens (including phenoxy) is 1. The second-order valence-electron chi connectivity index (χ2n) is 7.76. The molecule has 1 N–H and O–H groups in total. The van der Waals surface area contributed by atoms with Gasteiger partial charge in [0.1, 0.15) is 5.75 Å². The van der Waals surface area contributed by atoms with Crippen molar-refractivity contribution >= 4 is 34.1 Å². The molecule has 30 heavy (non-hydrogen) atoms. The third kappa shape index (κ3) is 4.26. The second kappa shape index (κ2) is 9.00. The topological polar surface area (TPSA) is 67.4 Å². The van der Waals surface area contributed by atoms with Crippen molar-refractivity contribution in [1.82, 2.24) is 15.3 Å². The first-order valence-electron chi connectivity index (χ1n) is 10.5. The number of carbonyl (C=O) groups is 1. The zero-order valence-corrected chi connectivity index (χ0v) is 18.5. The number of aryl methyl sites for hydroxylation is 1. The fourth-order valence-electron chi connectivity index (χ4n) is 4.05.